The van der Waals surface area contributed by atoms with E-state index in [0.29, 0.717) is 17.7 Å². The molecule has 0 aliphatic rings. The standard InChI is InChI=1S/C14H21NO3/c1-11-7-6-8-12(13(11)17)14(18)15-9-4-2-3-5-10-16/h6-8,16-17H,2-5,9-10H2,1H3,(H,15,18). The summed E-state index contributed by atoms with van der Waals surface area (Å²) in [5.41, 5.74) is 1.02. The Morgan fingerprint density at radius 2 is 1.94 bits per heavy atom. The van der Waals surface area contributed by atoms with E-state index in [2.05, 4.69) is 5.32 Å². The van der Waals surface area contributed by atoms with E-state index >= 15 is 0 Å². The molecule has 1 amide bonds. The summed E-state index contributed by atoms with van der Waals surface area (Å²) in [5.74, 6) is -0.186. The fraction of sp³-hybridized carbons (Fsp3) is 0.500. The maximum atomic E-state index is 11.8. The zero-order valence-electron chi connectivity index (χ0n) is 10.8. The number of nitrogens with one attached hydrogen (secondary N) is 1. The van der Waals surface area contributed by atoms with Crippen molar-refractivity contribution in [3.05, 3.63) is 29.3 Å². The largest absolute Gasteiger partial charge is 0.507 e. The molecule has 1 aromatic carbocycles. The van der Waals surface area contributed by atoms with Crippen molar-refractivity contribution in [3.63, 3.8) is 0 Å². The Morgan fingerprint density at radius 1 is 1.22 bits per heavy atom. The second kappa shape index (κ2) is 7.71. The second-order valence-electron chi connectivity index (χ2n) is 4.36. The molecular weight excluding hydrogens is 230 g/mol. The van der Waals surface area contributed by atoms with E-state index in [-0.39, 0.29) is 18.3 Å². The highest BCUT2D eigenvalue weighted by Gasteiger charge is 2.11. The zero-order chi connectivity index (χ0) is 13.4. The van der Waals surface area contributed by atoms with Crippen LogP contribution in [0.15, 0.2) is 18.2 Å². The summed E-state index contributed by atoms with van der Waals surface area (Å²) >= 11 is 0. The lowest BCUT2D eigenvalue weighted by atomic mass is 10.1. The van der Waals surface area contributed by atoms with Gasteiger partial charge in [0.1, 0.15) is 5.75 Å². The molecule has 100 valence electrons. The number of aliphatic hydroxyl groups excluding tert-OH is 1. The van der Waals surface area contributed by atoms with Crippen LogP contribution in [-0.2, 0) is 0 Å². The highest BCUT2D eigenvalue weighted by Crippen LogP contribution is 2.20. The molecule has 0 heterocycles. The molecule has 0 fully saturated rings. The summed E-state index contributed by atoms with van der Waals surface area (Å²) in [6.45, 7) is 2.59. The van der Waals surface area contributed by atoms with Gasteiger partial charge in [-0.05, 0) is 31.4 Å². The zero-order valence-corrected chi connectivity index (χ0v) is 10.8. The highest BCUT2D eigenvalue weighted by molar-refractivity contribution is 5.97. The van der Waals surface area contributed by atoms with Crippen molar-refractivity contribution >= 4 is 5.91 Å². The summed E-state index contributed by atoms with van der Waals surface area (Å²) in [6, 6.07) is 5.13. The molecule has 0 aliphatic heterocycles. The maximum Gasteiger partial charge on any atom is 0.255 e. The average Bonchev–Trinajstić information content (AvgIpc) is 2.36. The van der Waals surface area contributed by atoms with Crippen molar-refractivity contribution in [2.75, 3.05) is 13.2 Å². The van der Waals surface area contributed by atoms with Crippen LogP contribution < -0.4 is 5.32 Å². The van der Waals surface area contributed by atoms with Crippen molar-refractivity contribution in [2.45, 2.75) is 32.6 Å². The van der Waals surface area contributed by atoms with Crippen molar-refractivity contribution in [3.8, 4) is 5.75 Å². The predicted molar refractivity (Wildman–Crippen MR) is 70.7 cm³/mol. The van der Waals surface area contributed by atoms with E-state index in [9.17, 15) is 9.90 Å². The second-order valence-corrected chi connectivity index (χ2v) is 4.36. The Labute approximate surface area is 108 Å². The minimum atomic E-state index is -0.238. The summed E-state index contributed by atoms with van der Waals surface area (Å²) in [5, 5.41) is 21.2. The van der Waals surface area contributed by atoms with Gasteiger partial charge >= 0.3 is 0 Å². The van der Waals surface area contributed by atoms with Gasteiger partial charge in [-0.1, -0.05) is 25.0 Å². The van der Waals surface area contributed by atoms with Crippen molar-refractivity contribution in [2.24, 2.45) is 0 Å². The molecule has 1 aromatic rings. The van der Waals surface area contributed by atoms with Crippen molar-refractivity contribution in [1.29, 1.82) is 0 Å². The lowest BCUT2D eigenvalue weighted by Crippen LogP contribution is -2.24. The fourth-order valence-electron chi connectivity index (χ4n) is 1.73. The maximum absolute atomic E-state index is 11.8. The van der Waals surface area contributed by atoms with Gasteiger partial charge in [0.25, 0.3) is 5.91 Å². The lowest BCUT2D eigenvalue weighted by molar-refractivity contribution is 0.0950. The normalized spacial score (nSPS) is 10.3. The number of phenols is 1. The molecule has 0 aliphatic carbocycles. The number of para-hydroxylation sites is 1. The average molecular weight is 251 g/mol. The predicted octanol–water partition coefficient (Wildman–Crippen LogP) is 1.98. The number of hydrogen-bond acceptors (Lipinski definition) is 3. The summed E-state index contributed by atoms with van der Waals surface area (Å²) in [4.78, 5) is 11.8. The molecule has 4 nitrogen and oxygen atoms in total. The van der Waals surface area contributed by atoms with Crippen molar-refractivity contribution in [1.82, 2.24) is 5.32 Å². The van der Waals surface area contributed by atoms with E-state index < -0.39 is 0 Å². The third-order valence-corrected chi connectivity index (χ3v) is 2.85. The third kappa shape index (κ3) is 4.37. The summed E-state index contributed by atoms with van der Waals surface area (Å²) in [6.07, 6.45) is 3.66. The SMILES string of the molecule is Cc1cccc(C(=O)NCCCCCCO)c1O. The van der Waals surface area contributed by atoms with Crippen LogP contribution in [0, 0.1) is 6.92 Å². The minimum absolute atomic E-state index is 0.0512. The highest BCUT2D eigenvalue weighted by atomic mass is 16.3. The number of aliphatic hydroxyl groups is 1. The van der Waals surface area contributed by atoms with Gasteiger partial charge in [-0.3, -0.25) is 4.79 Å². The van der Waals surface area contributed by atoms with Gasteiger partial charge in [-0.25, -0.2) is 0 Å². The summed E-state index contributed by atoms with van der Waals surface area (Å²) < 4.78 is 0. The monoisotopic (exact) mass is 251 g/mol. The Morgan fingerprint density at radius 3 is 2.67 bits per heavy atom. The topological polar surface area (TPSA) is 69.6 Å². The molecular formula is C14H21NO3. The van der Waals surface area contributed by atoms with Crippen LogP contribution >= 0.6 is 0 Å². The number of benzene rings is 1. The Bertz CT molecular complexity index is 391. The molecule has 0 unspecified atom stereocenters. The number of carbonyl (C=O) groups is 1. The van der Waals surface area contributed by atoms with Crippen LogP contribution in [0.5, 0.6) is 5.75 Å². The van der Waals surface area contributed by atoms with E-state index in [1.54, 1.807) is 25.1 Å². The molecule has 0 radical (unpaired) electrons. The van der Waals surface area contributed by atoms with Crippen LogP contribution in [0.2, 0.25) is 0 Å². The van der Waals surface area contributed by atoms with Gasteiger partial charge < -0.3 is 15.5 Å². The quantitative estimate of drug-likeness (QED) is 0.649. The molecule has 0 saturated carbocycles. The first-order chi connectivity index (χ1) is 8.66. The Hall–Kier alpha value is -1.55. The van der Waals surface area contributed by atoms with Crippen molar-refractivity contribution < 1.29 is 15.0 Å². The van der Waals surface area contributed by atoms with Crippen LogP contribution in [0.4, 0.5) is 0 Å². The first kappa shape index (κ1) is 14.5. The molecule has 3 N–H and O–H groups in total. The van der Waals surface area contributed by atoms with Crippen LogP contribution in [0.3, 0.4) is 0 Å². The van der Waals surface area contributed by atoms with Gasteiger partial charge in [0.15, 0.2) is 0 Å². The molecule has 4 heteroatoms. The molecule has 0 bridgehead atoms. The smallest absolute Gasteiger partial charge is 0.255 e. The minimum Gasteiger partial charge on any atom is -0.507 e. The molecule has 0 aromatic heterocycles. The van der Waals surface area contributed by atoms with Crippen LogP contribution in [-0.4, -0.2) is 29.3 Å². The molecule has 1 rings (SSSR count). The number of phenolic OH excluding ortho intramolecular Hbond substituents is 1. The van der Waals surface area contributed by atoms with E-state index in [0.717, 1.165) is 25.7 Å². The molecule has 0 saturated heterocycles. The van der Waals surface area contributed by atoms with Gasteiger partial charge in [-0.15, -0.1) is 0 Å². The first-order valence-electron chi connectivity index (χ1n) is 6.34. The van der Waals surface area contributed by atoms with E-state index in [4.69, 9.17) is 5.11 Å². The Balaban J connectivity index is 2.35. The molecule has 18 heavy (non-hydrogen) atoms. The number of carbonyl (C=O) groups excluding carboxylic acids is 1. The Kier molecular flexibility index (Phi) is 6.22. The van der Waals surface area contributed by atoms with E-state index in [1.165, 1.54) is 0 Å². The first-order valence-corrected chi connectivity index (χ1v) is 6.34. The number of aryl methyl sites for hydroxylation is 1. The molecule has 0 spiro atoms. The number of amides is 1. The van der Waals surface area contributed by atoms with Crippen LogP contribution in [0.25, 0.3) is 0 Å². The summed E-state index contributed by atoms with van der Waals surface area (Å²) in [7, 11) is 0. The molecule has 0 atom stereocenters. The van der Waals surface area contributed by atoms with Crippen LogP contribution in [0.1, 0.15) is 41.6 Å². The number of hydrogen-bond donors (Lipinski definition) is 3. The van der Waals surface area contributed by atoms with Gasteiger partial charge in [0.05, 0.1) is 5.56 Å². The number of unbranched alkanes of at least 4 members (excludes halogenated alkanes) is 3. The van der Waals surface area contributed by atoms with Gasteiger partial charge in [0.2, 0.25) is 0 Å². The lowest BCUT2D eigenvalue weighted by Gasteiger charge is -2.08. The number of aromatic hydroxyl groups is 1. The number of rotatable bonds is 7. The third-order valence-electron chi connectivity index (χ3n) is 2.85. The van der Waals surface area contributed by atoms with Gasteiger partial charge in [-0.2, -0.15) is 0 Å². The fourth-order valence-corrected chi connectivity index (χ4v) is 1.73. The van der Waals surface area contributed by atoms with Gasteiger partial charge in [0, 0.05) is 13.2 Å². The van der Waals surface area contributed by atoms with E-state index in [1.807, 2.05) is 0 Å².